The van der Waals surface area contributed by atoms with E-state index < -0.39 is 0 Å². The number of anilines is 3. The second-order valence-electron chi connectivity index (χ2n) is 6.82. The average molecular weight is 433 g/mol. The molecule has 170 valence electrons. The lowest BCUT2D eigenvalue weighted by molar-refractivity contribution is 0.0547. The van der Waals surface area contributed by atoms with E-state index >= 15 is 0 Å². The van der Waals surface area contributed by atoms with E-state index in [2.05, 4.69) is 35.5 Å². The molecule has 2 aromatic heterocycles. The summed E-state index contributed by atoms with van der Waals surface area (Å²) in [5, 5.41) is 6.50. The van der Waals surface area contributed by atoms with Gasteiger partial charge in [0.2, 0.25) is 17.8 Å². The van der Waals surface area contributed by atoms with Gasteiger partial charge >= 0.3 is 0 Å². The zero-order valence-corrected chi connectivity index (χ0v) is 17.8. The second-order valence-corrected chi connectivity index (χ2v) is 6.82. The van der Waals surface area contributed by atoms with Gasteiger partial charge in [0.1, 0.15) is 0 Å². The van der Waals surface area contributed by atoms with Gasteiger partial charge in [-0.05, 0) is 12.1 Å². The Morgan fingerprint density at radius 2 is 1.68 bits per heavy atom. The predicted molar refractivity (Wildman–Crippen MR) is 118 cm³/mol. The van der Waals surface area contributed by atoms with Crippen LogP contribution in [0.15, 0.2) is 24.4 Å². The molecule has 1 fully saturated rings. The van der Waals surface area contributed by atoms with Crippen molar-refractivity contribution in [3.05, 3.63) is 30.1 Å². The number of hydrogen-bond donors (Lipinski definition) is 3. The third kappa shape index (κ3) is 8.58. The van der Waals surface area contributed by atoms with Crippen LogP contribution in [0.3, 0.4) is 0 Å². The zero-order valence-electron chi connectivity index (χ0n) is 17.8. The molecule has 3 rings (SSSR count). The average Bonchev–Trinajstić information content (AvgIpc) is 2.82. The van der Waals surface area contributed by atoms with Crippen molar-refractivity contribution in [2.24, 2.45) is 5.73 Å². The Bertz CT molecular complexity index is 746. The maximum atomic E-state index is 5.54. The molecule has 0 radical (unpaired) electrons. The molecule has 31 heavy (non-hydrogen) atoms. The van der Waals surface area contributed by atoms with Crippen LogP contribution in [-0.4, -0.2) is 92.3 Å². The van der Waals surface area contributed by atoms with E-state index in [-0.39, 0.29) is 0 Å². The fraction of sp³-hybridized carbons (Fsp3) is 0.600. The first-order chi connectivity index (χ1) is 15.3. The second kappa shape index (κ2) is 13.7. The summed E-state index contributed by atoms with van der Waals surface area (Å²) < 4.78 is 16.3. The minimum Gasteiger partial charge on any atom is -0.378 e. The van der Waals surface area contributed by atoms with Crippen molar-refractivity contribution in [1.82, 2.24) is 19.9 Å². The minimum absolute atomic E-state index is 0.514. The van der Waals surface area contributed by atoms with Crippen LogP contribution >= 0.6 is 0 Å². The fourth-order valence-corrected chi connectivity index (χ4v) is 2.92. The van der Waals surface area contributed by atoms with Gasteiger partial charge in [-0.1, -0.05) is 6.07 Å². The number of morpholine rings is 1. The van der Waals surface area contributed by atoms with Gasteiger partial charge < -0.3 is 35.5 Å². The number of nitrogens with one attached hydrogen (secondary N) is 2. The maximum Gasteiger partial charge on any atom is 0.232 e. The molecule has 11 heteroatoms. The Kier molecular flexibility index (Phi) is 10.2. The van der Waals surface area contributed by atoms with Crippen LogP contribution in [0.2, 0.25) is 0 Å². The molecule has 4 N–H and O–H groups in total. The van der Waals surface area contributed by atoms with Crippen molar-refractivity contribution in [3.8, 4) is 0 Å². The summed E-state index contributed by atoms with van der Waals surface area (Å²) in [5.74, 6) is 1.68. The number of nitrogens with zero attached hydrogens (tertiary/aromatic N) is 5. The lowest BCUT2D eigenvalue weighted by Gasteiger charge is -2.27. The summed E-state index contributed by atoms with van der Waals surface area (Å²) in [6.45, 7) is 6.74. The van der Waals surface area contributed by atoms with Crippen molar-refractivity contribution in [1.29, 1.82) is 0 Å². The molecule has 0 spiro atoms. The highest BCUT2D eigenvalue weighted by atomic mass is 16.5. The van der Waals surface area contributed by atoms with Gasteiger partial charge in [0.15, 0.2) is 0 Å². The molecule has 1 aliphatic rings. The summed E-state index contributed by atoms with van der Waals surface area (Å²) in [5.41, 5.74) is 6.40. The largest absolute Gasteiger partial charge is 0.378 e. The summed E-state index contributed by atoms with van der Waals surface area (Å²) in [7, 11) is 0. The molecule has 0 atom stereocenters. The van der Waals surface area contributed by atoms with Crippen LogP contribution < -0.4 is 21.3 Å². The molecule has 0 amide bonds. The third-order valence-electron chi connectivity index (χ3n) is 4.47. The van der Waals surface area contributed by atoms with E-state index in [1.807, 2.05) is 18.2 Å². The minimum atomic E-state index is 0.514. The molecule has 11 nitrogen and oxygen atoms in total. The Hall–Kier alpha value is -2.60. The normalized spacial score (nSPS) is 13.9. The number of pyridine rings is 1. The van der Waals surface area contributed by atoms with E-state index in [4.69, 9.17) is 19.9 Å². The number of rotatable bonds is 14. The Labute approximate surface area is 182 Å². The van der Waals surface area contributed by atoms with E-state index in [0.717, 1.165) is 25.2 Å². The third-order valence-corrected chi connectivity index (χ3v) is 4.47. The maximum absolute atomic E-state index is 5.54. The van der Waals surface area contributed by atoms with Gasteiger partial charge in [-0.3, -0.25) is 4.98 Å². The Morgan fingerprint density at radius 1 is 0.935 bits per heavy atom. The van der Waals surface area contributed by atoms with Gasteiger partial charge in [-0.25, -0.2) is 0 Å². The molecule has 0 aliphatic carbocycles. The molecule has 3 heterocycles. The first kappa shape index (κ1) is 23.1. The zero-order chi connectivity index (χ0) is 21.6. The van der Waals surface area contributed by atoms with Gasteiger partial charge in [0.25, 0.3) is 0 Å². The van der Waals surface area contributed by atoms with Gasteiger partial charge in [-0.15, -0.1) is 0 Å². The molecule has 0 unspecified atom stereocenters. The quantitative estimate of drug-likeness (QED) is 0.353. The van der Waals surface area contributed by atoms with Crippen molar-refractivity contribution < 1.29 is 14.2 Å². The summed E-state index contributed by atoms with van der Waals surface area (Å²) >= 11 is 0. The summed E-state index contributed by atoms with van der Waals surface area (Å²) in [6.07, 6.45) is 2.57. The molecule has 0 aromatic carbocycles. The first-order valence-corrected chi connectivity index (χ1v) is 10.7. The Morgan fingerprint density at radius 3 is 2.39 bits per heavy atom. The number of ether oxygens (including phenoxy) is 3. The van der Waals surface area contributed by atoms with E-state index in [0.29, 0.717) is 77.1 Å². The molecule has 2 aromatic rings. The summed E-state index contributed by atoms with van der Waals surface area (Å²) in [4.78, 5) is 20.1. The highest BCUT2D eigenvalue weighted by molar-refractivity contribution is 5.44. The summed E-state index contributed by atoms with van der Waals surface area (Å²) in [6, 6.07) is 5.89. The topological polar surface area (TPSA) is 133 Å². The molecule has 1 saturated heterocycles. The highest BCUT2D eigenvalue weighted by Crippen LogP contribution is 2.15. The van der Waals surface area contributed by atoms with E-state index in [1.54, 1.807) is 6.20 Å². The van der Waals surface area contributed by atoms with Crippen molar-refractivity contribution >= 4 is 17.8 Å². The van der Waals surface area contributed by atoms with E-state index in [9.17, 15) is 0 Å². The lowest BCUT2D eigenvalue weighted by atomic mass is 10.3. The molecular weight excluding hydrogens is 400 g/mol. The van der Waals surface area contributed by atoms with Crippen molar-refractivity contribution in [3.63, 3.8) is 0 Å². The Balaban J connectivity index is 1.52. The number of hydrogen-bond acceptors (Lipinski definition) is 11. The van der Waals surface area contributed by atoms with Crippen LogP contribution in [-0.2, 0) is 20.6 Å². The SMILES string of the molecule is NCCOCCOCCNc1nc(NCCc2ccccn2)nc(N2CCOCC2)n1. The monoisotopic (exact) mass is 432 g/mol. The standard InChI is InChI=1S/C20H32N8O3/c21-5-11-29-15-16-30-12-8-24-19-25-18(23-7-4-17-3-1-2-6-22-17)26-20(27-19)28-9-13-31-14-10-28/h1-3,6H,4-5,7-16,21H2,(H2,23,24,25,26,27). The predicted octanol–water partition coefficient (Wildman–Crippen LogP) is 0.162. The van der Waals surface area contributed by atoms with Crippen molar-refractivity contribution in [2.45, 2.75) is 6.42 Å². The van der Waals surface area contributed by atoms with Crippen LogP contribution in [0.4, 0.5) is 17.8 Å². The number of nitrogens with two attached hydrogens (primary N) is 1. The highest BCUT2D eigenvalue weighted by Gasteiger charge is 2.16. The molecule has 0 saturated carbocycles. The van der Waals surface area contributed by atoms with Gasteiger partial charge in [-0.2, -0.15) is 15.0 Å². The van der Waals surface area contributed by atoms with Gasteiger partial charge in [0, 0.05) is 51.0 Å². The fourth-order valence-electron chi connectivity index (χ4n) is 2.92. The van der Waals surface area contributed by atoms with Crippen molar-refractivity contribution in [2.75, 3.05) is 87.9 Å². The lowest BCUT2D eigenvalue weighted by Crippen LogP contribution is -2.37. The van der Waals surface area contributed by atoms with Crippen LogP contribution in [0.5, 0.6) is 0 Å². The van der Waals surface area contributed by atoms with Crippen LogP contribution in [0.25, 0.3) is 0 Å². The van der Waals surface area contributed by atoms with E-state index in [1.165, 1.54) is 0 Å². The molecule has 1 aliphatic heterocycles. The van der Waals surface area contributed by atoms with Crippen LogP contribution in [0.1, 0.15) is 5.69 Å². The molecule has 0 bridgehead atoms. The van der Waals surface area contributed by atoms with Crippen LogP contribution in [0, 0.1) is 0 Å². The smallest absolute Gasteiger partial charge is 0.232 e. The first-order valence-electron chi connectivity index (χ1n) is 10.7. The van der Waals surface area contributed by atoms with Gasteiger partial charge in [0.05, 0.1) is 39.6 Å². The molecular formula is C20H32N8O3. The number of aromatic nitrogens is 4.